The fraction of sp³-hybridized carbons (Fsp3) is 0.417. The van der Waals surface area contributed by atoms with E-state index >= 15 is 0 Å². The van der Waals surface area contributed by atoms with Crippen molar-refractivity contribution in [3.8, 4) is 5.75 Å². The number of rotatable bonds is 12. The molecule has 0 aliphatic carbocycles. The summed E-state index contributed by atoms with van der Waals surface area (Å²) in [6.07, 6.45) is -0.107. The predicted molar refractivity (Wildman–Crippen MR) is 141 cm³/mol. The summed E-state index contributed by atoms with van der Waals surface area (Å²) in [6, 6.07) is 14.0. The van der Waals surface area contributed by atoms with Gasteiger partial charge in [-0.2, -0.15) is 0 Å². The Hall–Kier alpha value is -2.20. The minimum atomic E-state index is -3.55. The molecule has 0 saturated carbocycles. The van der Waals surface area contributed by atoms with Gasteiger partial charge in [-0.3, -0.25) is 9.69 Å². The zero-order valence-corrected chi connectivity index (χ0v) is 22.2. The van der Waals surface area contributed by atoms with Gasteiger partial charge in [-0.25, -0.2) is 13.4 Å². The van der Waals surface area contributed by atoms with Gasteiger partial charge in [0.05, 0.1) is 22.0 Å². The number of nitrogens with zero attached hydrogens (tertiary/aromatic N) is 3. The molecule has 0 unspecified atom stereocenters. The van der Waals surface area contributed by atoms with Gasteiger partial charge in [0.2, 0.25) is 5.91 Å². The number of fused-ring (bicyclic) bond motifs is 1. The minimum absolute atomic E-state index is 0. The van der Waals surface area contributed by atoms with Gasteiger partial charge >= 0.3 is 0 Å². The first-order valence-electron chi connectivity index (χ1n) is 11.2. The van der Waals surface area contributed by atoms with Gasteiger partial charge in [-0.1, -0.05) is 49.4 Å². The summed E-state index contributed by atoms with van der Waals surface area (Å²) in [6.45, 7) is 9.45. The number of hydrogen-bond donors (Lipinski definition) is 0. The van der Waals surface area contributed by atoms with Crippen LogP contribution < -0.4 is 9.64 Å². The summed E-state index contributed by atoms with van der Waals surface area (Å²) in [5.41, 5.74) is 0.719. The highest BCUT2D eigenvalue weighted by molar-refractivity contribution is 7.91. The summed E-state index contributed by atoms with van der Waals surface area (Å²) in [7, 11) is -3.55. The standard InChI is InChI=1S/C24H31N3O4S2.ClH/c1-4-26(5-2)16-17-27(22(28)15-18-33(29,30)19-11-8-7-9-12-19)24-25-23-20(31-6-3)13-10-14-21(23)32-24;/h7-14H,4-6,15-18H2,1-3H3;1H. The number of hydrogen-bond acceptors (Lipinski definition) is 7. The van der Waals surface area contributed by atoms with Crippen molar-refractivity contribution in [3.63, 3.8) is 0 Å². The van der Waals surface area contributed by atoms with Gasteiger partial charge in [-0.15, -0.1) is 12.4 Å². The van der Waals surface area contributed by atoms with Crippen LogP contribution in [0, 0.1) is 0 Å². The number of aromatic nitrogens is 1. The van der Waals surface area contributed by atoms with Crippen LogP contribution in [0.15, 0.2) is 53.4 Å². The van der Waals surface area contributed by atoms with Crippen LogP contribution in [-0.4, -0.2) is 62.7 Å². The van der Waals surface area contributed by atoms with E-state index in [0.717, 1.165) is 23.3 Å². The van der Waals surface area contributed by atoms with Crippen LogP contribution >= 0.6 is 23.7 Å². The molecule has 186 valence electrons. The SMILES string of the molecule is CCOc1cccc2sc(N(CCN(CC)CC)C(=O)CCS(=O)(=O)c3ccccc3)nc12.Cl. The second-order valence-electron chi connectivity index (χ2n) is 7.49. The topological polar surface area (TPSA) is 79.8 Å². The number of likely N-dealkylation sites (N-methyl/N-ethyl adjacent to an activating group) is 1. The summed E-state index contributed by atoms with van der Waals surface area (Å²) in [5, 5.41) is 0.561. The molecule has 0 aliphatic rings. The molecular formula is C24H32ClN3O4S2. The number of benzene rings is 2. The molecule has 0 spiro atoms. The Balaban J connectivity index is 0.00000408. The average Bonchev–Trinajstić information content (AvgIpc) is 3.26. The van der Waals surface area contributed by atoms with Crippen LogP contribution in [0.3, 0.4) is 0 Å². The van der Waals surface area contributed by atoms with Crippen molar-refractivity contribution in [2.45, 2.75) is 32.1 Å². The molecule has 2 aromatic carbocycles. The molecule has 0 fully saturated rings. The van der Waals surface area contributed by atoms with Gasteiger partial charge in [0.15, 0.2) is 15.0 Å². The largest absolute Gasteiger partial charge is 0.492 e. The van der Waals surface area contributed by atoms with Crippen molar-refractivity contribution in [2.75, 3.05) is 43.4 Å². The van der Waals surface area contributed by atoms with Crippen LogP contribution in [0.25, 0.3) is 10.2 Å². The van der Waals surface area contributed by atoms with E-state index in [1.807, 2.05) is 25.1 Å². The lowest BCUT2D eigenvalue weighted by Gasteiger charge is -2.24. The molecule has 1 aromatic heterocycles. The number of para-hydroxylation sites is 1. The molecule has 0 saturated heterocycles. The summed E-state index contributed by atoms with van der Waals surface area (Å²) in [4.78, 5) is 22.1. The van der Waals surface area contributed by atoms with E-state index in [9.17, 15) is 13.2 Å². The number of sulfone groups is 1. The molecule has 0 bridgehead atoms. The quantitative estimate of drug-likeness (QED) is 0.342. The maximum atomic E-state index is 13.3. The van der Waals surface area contributed by atoms with Gasteiger partial charge in [0.1, 0.15) is 11.3 Å². The molecule has 3 rings (SSSR count). The van der Waals surface area contributed by atoms with Crippen LogP contribution in [0.2, 0.25) is 0 Å². The lowest BCUT2D eigenvalue weighted by molar-refractivity contribution is -0.118. The van der Waals surface area contributed by atoms with Crippen molar-refractivity contribution in [1.82, 2.24) is 9.88 Å². The lowest BCUT2D eigenvalue weighted by atomic mass is 10.3. The Kier molecular flexibility index (Phi) is 10.8. The highest BCUT2D eigenvalue weighted by atomic mass is 35.5. The van der Waals surface area contributed by atoms with E-state index < -0.39 is 9.84 Å². The number of ether oxygens (including phenoxy) is 1. The first-order valence-corrected chi connectivity index (χ1v) is 13.7. The van der Waals surface area contributed by atoms with Crippen LogP contribution in [0.4, 0.5) is 5.13 Å². The Morgan fingerprint density at radius 3 is 2.35 bits per heavy atom. The number of amides is 1. The van der Waals surface area contributed by atoms with Gasteiger partial charge in [-0.05, 0) is 44.3 Å². The van der Waals surface area contributed by atoms with Gasteiger partial charge in [0.25, 0.3) is 0 Å². The Morgan fingerprint density at radius 2 is 1.71 bits per heavy atom. The van der Waals surface area contributed by atoms with Crippen LogP contribution in [0.1, 0.15) is 27.2 Å². The van der Waals surface area contributed by atoms with Crippen molar-refractivity contribution < 1.29 is 17.9 Å². The minimum Gasteiger partial charge on any atom is -0.492 e. The molecule has 1 heterocycles. The summed E-state index contributed by atoms with van der Waals surface area (Å²) >= 11 is 1.42. The molecule has 7 nitrogen and oxygen atoms in total. The molecule has 34 heavy (non-hydrogen) atoms. The smallest absolute Gasteiger partial charge is 0.229 e. The fourth-order valence-corrected chi connectivity index (χ4v) is 5.79. The average molecular weight is 526 g/mol. The first-order chi connectivity index (χ1) is 15.9. The number of carbonyl (C=O) groups is 1. The van der Waals surface area contributed by atoms with Gasteiger partial charge < -0.3 is 9.64 Å². The van der Waals surface area contributed by atoms with E-state index in [-0.39, 0.29) is 35.4 Å². The van der Waals surface area contributed by atoms with Crippen molar-refractivity contribution in [3.05, 3.63) is 48.5 Å². The number of halogens is 1. The van der Waals surface area contributed by atoms with E-state index in [4.69, 9.17) is 9.72 Å². The molecular weight excluding hydrogens is 494 g/mol. The van der Waals surface area contributed by atoms with E-state index in [1.165, 1.54) is 11.3 Å². The van der Waals surface area contributed by atoms with E-state index in [1.54, 1.807) is 35.2 Å². The second kappa shape index (κ2) is 13.0. The predicted octanol–water partition coefficient (Wildman–Crippen LogP) is 4.66. The maximum absolute atomic E-state index is 13.3. The molecule has 0 N–H and O–H groups in total. The number of thiazole rings is 1. The summed E-state index contributed by atoms with van der Waals surface area (Å²) in [5.74, 6) is 0.186. The Labute approximate surface area is 212 Å². The highest BCUT2D eigenvalue weighted by Gasteiger charge is 2.24. The third-order valence-corrected chi connectivity index (χ3v) is 8.20. The van der Waals surface area contributed by atoms with Crippen LogP contribution in [-0.2, 0) is 14.6 Å². The first kappa shape index (κ1) is 28.0. The lowest BCUT2D eigenvalue weighted by Crippen LogP contribution is -2.39. The van der Waals surface area contributed by atoms with E-state index in [0.29, 0.717) is 30.6 Å². The summed E-state index contributed by atoms with van der Waals surface area (Å²) < 4.78 is 32.0. The second-order valence-corrected chi connectivity index (χ2v) is 10.6. The van der Waals surface area contributed by atoms with Crippen molar-refractivity contribution in [2.24, 2.45) is 0 Å². The number of anilines is 1. The normalized spacial score (nSPS) is 11.4. The van der Waals surface area contributed by atoms with Crippen molar-refractivity contribution in [1.29, 1.82) is 0 Å². The van der Waals surface area contributed by atoms with Crippen molar-refractivity contribution >= 4 is 54.8 Å². The zero-order valence-electron chi connectivity index (χ0n) is 19.8. The Bertz CT molecular complexity index is 1170. The Morgan fingerprint density at radius 1 is 1.00 bits per heavy atom. The number of carbonyl (C=O) groups excluding carboxylic acids is 1. The molecule has 1 amide bonds. The molecule has 0 radical (unpaired) electrons. The highest BCUT2D eigenvalue weighted by Crippen LogP contribution is 2.34. The molecule has 10 heteroatoms. The molecule has 0 atom stereocenters. The molecule has 0 aliphatic heterocycles. The maximum Gasteiger partial charge on any atom is 0.229 e. The molecule has 3 aromatic rings. The zero-order chi connectivity index (χ0) is 23.8. The fourth-order valence-electron chi connectivity index (χ4n) is 3.51. The van der Waals surface area contributed by atoms with Crippen LogP contribution in [0.5, 0.6) is 5.75 Å². The monoisotopic (exact) mass is 525 g/mol. The third-order valence-electron chi connectivity index (χ3n) is 5.42. The van der Waals surface area contributed by atoms with E-state index in [2.05, 4.69) is 18.7 Å². The third kappa shape index (κ3) is 6.91. The van der Waals surface area contributed by atoms with Gasteiger partial charge in [0, 0.05) is 19.5 Å².